The summed E-state index contributed by atoms with van der Waals surface area (Å²) >= 11 is 0. The highest BCUT2D eigenvalue weighted by Gasteiger charge is 2.30. The summed E-state index contributed by atoms with van der Waals surface area (Å²) in [6.45, 7) is 7.36. The Balaban J connectivity index is 2.41. The summed E-state index contributed by atoms with van der Waals surface area (Å²) in [5, 5.41) is 5.49. The third kappa shape index (κ3) is 4.34. The van der Waals surface area contributed by atoms with Crippen LogP contribution in [0, 0.1) is 5.41 Å². The van der Waals surface area contributed by atoms with Crippen molar-refractivity contribution in [3.63, 3.8) is 0 Å². The zero-order chi connectivity index (χ0) is 13.2. The molecule has 2 atom stereocenters. The second kappa shape index (κ2) is 5.04. The maximum Gasteiger partial charge on any atom is 0.242 e. The Bertz CT molecular complexity index is 305. The Labute approximate surface area is 103 Å². The van der Waals surface area contributed by atoms with Crippen LogP contribution in [-0.4, -0.2) is 29.9 Å². The number of amides is 2. The van der Waals surface area contributed by atoms with Crippen LogP contribution in [0.5, 0.6) is 0 Å². The topological polar surface area (TPSA) is 84.2 Å². The molecule has 0 radical (unpaired) electrons. The van der Waals surface area contributed by atoms with Crippen LogP contribution in [0.3, 0.4) is 0 Å². The first-order chi connectivity index (χ1) is 7.71. The summed E-state index contributed by atoms with van der Waals surface area (Å²) in [5.74, 6) is -0.419. The van der Waals surface area contributed by atoms with Crippen molar-refractivity contribution >= 4 is 11.8 Å². The van der Waals surface area contributed by atoms with Crippen molar-refractivity contribution in [2.24, 2.45) is 11.1 Å². The predicted octanol–water partition coefficient (Wildman–Crippen LogP) is 0.143. The number of nitrogens with two attached hydrogens (primary N) is 1. The van der Waals surface area contributed by atoms with Crippen LogP contribution in [0.15, 0.2) is 0 Å². The van der Waals surface area contributed by atoms with E-state index in [-0.39, 0.29) is 17.2 Å². The molecule has 98 valence electrons. The molecule has 1 fully saturated rings. The standard InChI is InChI=1S/C12H23N3O2/c1-7(10(16)15-8-5-6-8)14-11(17)9(13)12(2,3)4/h7-9H,5-6,13H2,1-4H3,(H,14,17)(H,15,16). The quantitative estimate of drug-likeness (QED) is 0.654. The lowest BCUT2D eigenvalue weighted by Gasteiger charge is -2.27. The molecular formula is C12H23N3O2. The molecule has 17 heavy (non-hydrogen) atoms. The molecule has 4 N–H and O–H groups in total. The van der Waals surface area contributed by atoms with E-state index in [1.54, 1.807) is 6.92 Å². The molecular weight excluding hydrogens is 218 g/mol. The summed E-state index contributed by atoms with van der Waals surface area (Å²) in [4.78, 5) is 23.4. The van der Waals surface area contributed by atoms with Gasteiger partial charge in [0.1, 0.15) is 6.04 Å². The SMILES string of the molecule is CC(NC(=O)C(N)C(C)(C)C)C(=O)NC1CC1. The van der Waals surface area contributed by atoms with E-state index >= 15 is 0 Å². The highest BCUT2D eigenvalue weighted by molar-refractivity contribution is 5.89. The van der Waals surface area contributed by atoms with Crippen molar-refractivity contribution in [1.82, 2.24) is 10.6 Å². The van der Waals surface area contributed by atoms with Crippen molar-refractivity contribution in [2.45, 2.75) is 58.7 Å². The van der Waals surface area contributed by atoms with Gasteiger partial charge in [-0.15, -0.1) is 0 Å². The zero-order valence-corrected chi connectivity index (χ0v) is 11.0. The maximum absolute atomic E-state index is 11.8. The lowest BCUT2D eigenvalue weighted by atomic mass is 9.87. The first-order valence-electron chi connectivity index (χ1n) is 6.08. The zero-order valence-electron chi connectivity index (χ0n) is 11.0. The van der Waals surface area contributed by atoms with Gasteiger partial charge in [-0.3, -0.25) is 9.59 Å². The lowest BCUT2D eigenvalue weighted by Crippen LogP contribution is -2.54. The molecule has 2 amide bonds. The molecule has 1 aliphatic carbocycles. The van der Waals surface area contributed by atoms with Crippen molar-refractivity contribution in [3.05, 3.63) is 0 Å². The van der Waals surface area contributed by atoms with Crippen LogP contribution >= 0.6 is 0 Å². The Morgan fingerprint density at radius 1 is 1.24 bits per heavy atom. The second-order valence-corrected chi connectivity index (χ2v) is 5.86. The van der Waals surface area contributed by atoms with Crippen molar-refractivity contribution in [3.8, 4) is 0 Å². The van der Waals surface area contributed by atoms with Gasteiger partial charge in [0.25, 0.3) is 0 Å². The average molecular weight is 241 g/mol. The number of hydrogen-bond acceptors (Lipinski definition) is 3. The number of carbonyl (C=O) groups is 2. The molecule has 0 heterocycles. The molecule has 0 saturated heterocycles. The van der Waals surface area contributed by atoms with E-state index < -0.39 is 12.1 Å². The van der Waals surface area contributed by atoms with E-state index in [4.69, 9.17) is 5.73 Å². The first kappa shape index (κ1) is 14.0. The number of nitrogens with one attached hydrogen (secondary N) is 2. The molecule has 1 saturated carbocycles. The number of hydrogen-bond donors (Lipinski definition) is 3. The van der Waals surface area contributed by atoms with E-state index in [2.05, 4.69) is 10.6 Å². The molecule has 1 rings (SSSR count). The number of carbonyl (C=O) groups excluding carboxylic acids is 2. The fraction of sp³-hybridized carbons (Fsp3) is 0.833. The molecule has 5 heteroatoms. The summed E-state index contributed by atoms with van der Waals surface area (Å²) in [7, 11) is 0. The highest BCUT2D eigenvalue weighted by Crippen LogP contribution is 2.19. The van der Waals surface area contributed by atoms with Crippen LogP contribution < -0.4 is 16.4 Å². The Kier molecular flexibility index (Phi) is 4.14. The van der Waals surface area contributed by atoms with E-state index in [9.17, 15) is 9.59 Å². The Morgan fingerprint density at radius 3 is 2.18 bits per heavy atom. The third-order valence-corrected chi connectivity index (χ3v) is 2.89. The van der Waals surface area contributed by atoms with Crippen molar-refractivity contribution in [2.75, 3.05) is 0 Å². The van der Waals surface area contributed by atoms with Gasteiger partial charge in [0.15, 0.2) is 0 Å². The normalized spacial score (nSPS) is 19.4. The molecule has 1 aliphatic rings. The molecule has 2 unspecified atom stereocenters. The Morgan fingerprint density at radius 2 is 1.76 bits per heavy atom. The summed E-state index contributed by atoms with van der Waals surface area (Å²) in [6, 6.07) is -0.840. The van der Waals surface area contributed by atoms with Gasteiger partial charge < -0.3 is 16.4 Å². The monoisotopic (exact) mass is 241 g/mol. The van der Waals surface area contributed by atoms with Crippen LogP contribution in [0.1, 0.15) is 40.5 Å². The molecule has 0 bridgehead atoms. The fourth-order valence-electron chi connectivity index (χ4n) is 1.32. The van der Waals surface area contributed by atoms with Crippen molar-refractivity contribution in [1.29, 1.82) is 0 Å². The van der Waals surface area contributed by atoms with Crippen LogP contribution in [0.2, 0.25) is 0 Å². The lowest BCUT2D eigenvalue weighted by molar-refractivity contribution is -0.130. The predicted molar refractivity (Wildman–Crippen MR) is 66.2 cm³/mol. The van der Waals surface area contributed by atoms with Crippen molar-refractivity contribution < 1.29 is 9.59 Å². The largest absolute Gasteiger partial charge is 0.352 e. The van der Waals surface area contributed by atoms with E-state index in [1.165, 1.54) is 0 Å². The summed E-state index contributed by atoms with van der Waals surface area (Å²) < 4.78 is 0. The van der Waals surface area contributed by atoms with Gasteiger partial charge in [0.05, 0.1) is 6.04 Å². The van der Waals surface area contributed by atoms with Gasteiger partial charge in [-0.05, 0) is 25.2 Å². The molecule has 0 aromatic carbocycles. The van der Waals surface area contributed by atoms with E-state index in [1.807, 2.05) is 20.8 Å². The van der Waals surface area contributed by atoms with Gasteiger partial charge >= 0.3 is 0 Å². The second-order valence-electron chi connectivity index (χ2n) is 5.86. The maximum atomic E-state index is 11.8. The highest BCUT2D eigenvalue weighted by atomic mass is 16.2. The minimum absolute atomic E-state index is 0.137. The minimum atomic E-state index is -0.612. The van der Waals surface area contributed by atoms with Gasteiger partial charge in [-0.1, -0.05) is 20.8 Å². The van der Waals surface area contributed by atoms with Crippen LogP contribution in [0.25, 0.3) is 0 Å². The molecule has 0 aromatic rings. The molecule has 0 aromatic heterocycles. The molecule has 0 aliphatic heterocycles. The minimum Gasteiger partial charge on any atom is -0.352 e. The first-order valence-corrected chi connectivity index (χ1v) is 6.08. The third-order valence-electron chi connectivity index (χ3n) is 2.89. The van der Waals surface area contributed by atoms with Gasteiger partial charge in [0, 0.05) is 6.04 Å². The average Bonchev–Trinajstić information content (AvgIpc) is 2.98. The van der Waals surface area contributed by atoms with Crippen LogP contribution in [0.4, 0.5) is 0 Å². The molecule has 0 spiro atoms. The smallest absolute Gasteiger partial charge is 0.242 e. The molecule has 5 nitrogen and oxygen atoms in total. The number of rotatable bonds is 4. The van der Waals surface area contributed by atoms with E-state index in [0.29, 0.717) is 6.04 Å². The van der Waals surface area contributed by atoms with Gasteiger partial charge in [-0.25, -0.2) is 0 Å². The Hall–Kier alpha value is -1.10. The van der Waals surface area contributed by atoms with Gasteiger partial charge in [-0.2, -0.15) is 0 Å². The van der Waals surface area contributed by atoms with Gasteiger partial charge in [0.2, 0.25) is 11.8 Å². The van der Waals surface area contributed by atoms with E-state index in [0.717, 1.165) is 12.8 Å². The van der Waals surface area contributed by atoms with Crippen LogP contribution in [-0.2, 0) is 9.59 Å². The summed E-state index contributed by atoms with van der Waals surface area (Å²) in [5.41, 5.74) is 5.50. The summed E-state index contributed by atoms with van der Waals surface area (Å²) in [6.07, 6.45) is 2.07. The fourth-order valence-corrected chi connectivity index (χ4v) is 1.32.